The Morgan fingerprint density at radius 2 is 1.71 bits per heavy atom. The number of rotatable bonds is 5. The Hall–Kier alpha value is -2.59. The molecule has 0 N–H and O–H groups in total. The average Bonchev–Trinajstić information content (AvgIpc) is 2.76. The molecule has 1 aromatic rings. The molecule has 2 amide bonds. The normalized spacial score (nSPS) is 23.4. The van der Waals surface area contributed by atoms with Gasteiger partial charge in [0.1, 0.15) is 11.8 Å². The molecular weight excluding hydrogens is 394 g/mol. The first-order valence-corrected chi connectivity index (χ1v) is 11.2. The number of likely N-dealkylation sites (tertiary alicyclic amines) is 1. The molecular formula is C24H33N3O4. The van der Waals surface area contributed by atoms with Crippen molar-refractivity contribution in [2.75, 3.05) is 26.2 Å². The molecule has 2 heterocycles. The van der Waals surface area contributed by atoms with Crippen molar-refractivity contribution in [2.24, 2.45) is 11.8 Å². The van der Waals surface area contributed by atoms with Crippen molar-refractivity contribution in [2.45, 2.75) is 58.8 Å². The van der Waals surface area contributed by atoms with Gasteiger partial charge in [-0.15, -0.1) is 0 Å². The maximum absolute atomic E-state index is 13.2. The number of carbonyl (C=O) groups is 2. The summed E-state index contributed by atoms with van der Waals surface area (Å²) in [5, 5.41) is 9.31. The number of piperidine rings is 1. The first-order valence-electron chi connectivity index (χ1n) is 11.2. The van der Waals surface area contributed by atoms with E-state index >= 15 is 0 Å². The molecule has 7 heteroatoms. The molecule has 2 aliphatic heterocycles. The minimum absolute atomic E-state index is 0.0464. The number of nitriles is 1. The van der Waals surface area contributed by atoms with E-state index in [0.29, 0.717) is 50.3 Å². The number of nitrogens with zero attached hydrogens (tertiary/aromatic N) is 3. The molecule has 0 saturated carbocycles. The Labute approximate surface area is 184 Å². The Bertz CT molecular complexity index is 816. The lowest BCUT2D eigenvalue weighted by Crippen LogP contribution is -2.53. The quantitative estimate of drug-likeness (QED) is 0.722. The Balaban J connectivity index is 1.60. The highest BCUT2D eigenvalue weighted by Gasteiger charge is 2.36. The van der Waals surface area contributed by atoms with Crippen molar-refractivity contribution < 1.29 is 19.1 Å². The van der Waals surface area contributed by atoms with E-state index in [1.807, 2.05) is 32.6 Å². The van der Waals surface area contributed by atoms with E-state index < -0.39 is 6.10 Å². The predicted molar refractivity (Wildman–Crippen MR) is 116 cm³/mol. The number of ether oxygens (including phenoxy) is 2. The smallest absolute Gasteiger partial charge is 0.263 e. The molecule has 0 radical (unpaired) electrons. The standard InChI is InChI=1S/C24H33N3O4/c1-16(2)22(31-21-8-6-5-7-20(21)13-25)24(29)26-11-9-19(10-12-26)23(28)27-14-17(3)30-18(4)15-27/h5-8,16-19,22H,9-12,14-15H2,1-4H3. The van der Waals surface area contributed by atoms with Crippen LogP contribution in [-0.2, 0) is 14.3 Å². The number of carbonyl (C=O) groups excluding carboxylic acids is 2. The monoisotopic (exact) mass is 427 g/mol. The van der Waals surface area contributed by atoms with Crippen LogP contribution in [0.25, 0.3) is 0 Å². The van der Waals surface area contributed by atoms with Crippen molar-refractivity contribution in [3.05, 3.63) is 29.8 Å². The molecule has 7 nitrogen and oxygen atoms in total. The minimum Gasteiger partial charge on any atom is -0.479 e. The maximum Gasteiger partial charge on any atom is 0.263 e. The van der Waals surface area contributed by atoms with Crippen LogP contribution in [0.1, 0.15) is 46.1 Å². The van der Waals surface area contributed by atoms with Gasteiger partial charge in [-0.3, -0.25) is 9.59 Å². The summed E-state index contributed by atoms with van der Waals surface area (Å²) >= 11 is 0. The van der Waals surface area contributed by atoms with Crippen LogP contribution in [0, 0.1) is 23.2 Å². The number of morpholine rings is 1. The van der Waals surface area contributed by atoms with Gasteiger partial charge in [-0.25, -0.2) is 0 Å². The Morgan fingerprint density at radius 1 is 1.10 bits per heavy atom. The van der Waals surface area contributed by atoms with Gasteiger partial charge in [0, 0.05) is 32.1 Å². The number of amides is 2. The third-order valence-corrected chi connectivity index (χ3v) is 6.00. The van der Waals surface area contributed by atoms with Crippen molar-refractivity contribution in [1.29, 1.82) is 5.26 Å². The molecule has 0 spiro atoms. The van der Waals surface area contributed by atoms with Crippen LogP contribution in [0.2, 0.25) is 0 Å². The number of benzene rings is 1. The van der Waals surface area contributed by atoms with Crippen LogP contribution in [0.4, 0.5) is 0 Å². The van der Waals surface area contributed by atoms with Gasteiger partial charge < -0.3 is 19.3 Å². The molecule has 31 heavy (non-hydrogen) atoms. The van der Waals surface area contributed by atoms with E-state index in [1.54, 1.807) is 29.2 Å². The Morgan fingerprint density at radius 3 is 2.29 bits per heavy atom. The van der Waals surface area contributed by atoms with Crippen molar-refractivity contribution in [3.8, 4) is 11.8 Å². The van der Waals surface area contributed by atoms with E-state index in [4.69, 9.17) is 9.47 Å². The fourth-order valence-corrected chi connectivity index (χ4v) is 4.41. The van der Waals surface area contributed by atoms with E-state index in [0.717, 1.165) is 0 Å². The highest BCUT2D eigenvalue weighted by Crippen LogP contribution is 2.26. The highest BCUT2D eigenvalue weighted by molar-refractivity contribution is 5.83. The summed E-state index contributed by atoms with van der Waals surface area (Å²) in [6.07, 6.45) is 0.751. The number of para-hydroxylation sites is 1. The van der Waals surface area contributed by atoms with Gasteiger partial charge in [0.2, 0.25) is 5.91 Å². The van der Waals surface area contributed by atoms with Crippen molar-refractivity contribution in [3.63, 3.8) is 0 Å². The molecule has 2 fully saturated rings. The van der Waals surface area contributed by atoms with Gasteiger partial charge in [0.05, 0.1) is 17.8 Å². The Kier molecular flexibility index (Phi) is 7.55. The topological polar surface area (TPSA) is 82.9 Å². The zero-order valence-electron chi connectivity index (χ0n) is 18.9. The van der Waals surface area contributed by atoms with Gasteiger partial charge >= 0.3 is 0 Å². The van der Waals surface area contributed by atoms with Crippen LogP contribution in [0.3, 0.4) is 0 Å². The predicted octanol–water partition coefficient (Wildman–Crippen LogP) is 2.84. The SMILES string of the molecule is CC1CN(C(=O)C2CCN(C(=O)C(Oc3ccccc3C#N)C(C)C)CC2)CC(C)O1. The molecule has 168 valence electrons. The molecule has 0 aliphatic carbocycles. The lowest BCUT2D eigenvalue weighted by Gasteiger charge is -2.39. The van der Waals surface area contributed by atoms with E-state index in [1.165, 1.54) is 0 Å². The molecule has 0 bridgehead atoms. The van der Waals surface area contributed by atoms with Crippen LogP contribution in [-0.4, -0.2) is 66.1 Å². The van der Waals surface area contributed by atoms with Gasteiger partial charge in [0.25, 0.3) is 5.91 Å². The fourth-order valence-electron chi connectivity index (χ4n) is 4.41. The van der Waals surface area contributed by atoms with E-state index in [9.17, 15) is 14.9 Å². The highest BCUT2D eigenvalue weighted by atomic mass is 16.5. The molecule has 3 unspecified atom stereocenters. The van der Waals surface area contributed by atoms with Gasteiger partial charge in [-0.05, 0) is 44.7 Å². The van der Waals surface area contributed by atoms with Gasteiger partial charge in [-0.1, -0.05) is 26.0 Å². The van der Waals surface area contributed by atoms with Crippen LogP contribution in [0.5, 0.6) is 5.75 Å². The van der Waals surface area contributed by atoms with Gasteiger partial charge in [0.15, 0.2) is 6.10 Å². The maximum atomic E-state index is 13.2. The molecule has 2 saturated heterocycles. The number of hydrogen-bond donors (Lipinski definition) is 0. The summed E-state index contributed by atoms with van der Waals surface area (Å²) in [5.41, 5.74) is 0.416. The third-order valence-electron chi connectivity index (χ3n) is 6.00. The van der Waals surface area contributed by atoms with E-state index in [2.05, 4.69) is 6.07 Å². The minimum atomic E-state index is -0.664. The van der Waals surface area contributed by atoms with E-state index in [-0.39, 0.29) is 35.9 Å². The van der Waals surface area contributed by atoms with Crippen LogP contribution < -0.4 is 4.74 Å². The lowest BCUT2D eigenvalue weighted by atomic mass is 9.93. The lowest BCUT2D eigenvalue weighted by molar-refractivity contribution is -0.151. The summed E-state index contributed by atoms with van der Waals surface area (Å²) in [6.45, 7) is 10.2. The van der Waals surface area contributed by atoms with Crippen LogP contribution in [0.15, 0.2) is 24.3 Å². The molecule has 1 aromatic carbocycles. The molecule has 0 aromatic heterocycles. The summed E-state index contributed by atoms with van der Waals surface area (Å²) in [5.74, 6) is 0.419. The molecule has 3 rings (SSSR count). The molecule has 2 aliphatic rings. The summed E-state index contributed by atoms with van der Waals surface area (Å²) in [7, 11) is 0. The van der Waals surface area contributed by atoms with Crippen molar-refractivity contribution in [1.82, 2.24) is 9.80 Å². The second-order valence-electron chi connectivity index (χ2n) is 8.99. The zero-order chi connectivity index (χ0) is 22.5. The van der Waals surface area contributed by atoms with Gasteiger partial charge in [-0.2, -0.15) is 5.26 Å². The third kappa shape index (κ3) is 5.56. The second kappa shape index (κ2) is 10.1. The number of hydrogen-bond acceptors (Lipinski definition) is 5. The first-order chi connectivity index (χ1) is 14.8. The fraction of sp³-hybridized carbons (Fsp3) is 0.625. The van der Waals surface area contributed by atoms with Crippen LogP contribution >= 0.6 is 0 Å². The largest absolute Gasteiger partial charge is 0.479 e. The first kappa shape index (κ1) is 23.1. The zero-order valence-corrected chi connectivity index (χ0v) is 18.9. The second-order valence-corrected chi connectivity index (χ2v) is 8.99. The molecule has 3 atom stereocenters. The summed E-state index contributed by atoms with van der Waals surface area (Å²) < 4.78 is 11.7. The summed E-state index contributed by atoms with van der Waals surface area (Å²) in [4.78, 5) is 29.9. The van der Waals surface area contributed by atoms with Crippen molar-refractivity contribution >= 4 is 11.8 Å². The average molecular weight is 428 g/mol. The summed E-state index contributed by atoms with van der Waals surface area (Å²) in [6, 6.07) is 9.08.